The highest BCUT2D eigenvalue weighted by Gasteiger charge is 2.33. The number of ketones is 1. The van der Waals surface area contributed by atoms with Gasteiger partial charge in [-0.15, -0.1) is 0 Å². The highest BCUT2D eigenvalue weighted by molar-refractivity contribution is 14.1. The first-order chi connectivity index (χ1) is 6.45. The van der Waals surface area contributed by atoms with Gasteiger partial charge in [-0.05, 0) is 0 Å². The molecule has 6 nitrogen and oxygen atoms in total. The number of carbonyl (C=O) groups excluding carboxylic acids is 1. The maximum absolute atomic E-state index is 10.7. The molecule has 0 heterocycles. The molecular formula is C7H13IO6. The van der Waals surface area contributed by atoms with Gasteiger partial charge >= 0.3 is 0 Å². The molecule has 0 aliphatic heterocycles. The molecule has 0 radical (unpaired) electrons. The molecule has 0 aromatic heterocycles. The van der Waals surface area contributed by atoms with E-state index in [4.69, 9.17) is 15.3 Å². The van der Waals surface area contributed by atoms with Crippen molar-refractivity contribution >= 4 is 28.4 Å². The van der Waals surface area contributed by atoms with E-state index in [-0.39, 0.29) is 0 Å². The van der Waals surface area contributed by atoms with Crippen LogP contribution in [0.25, 0.3) is 0 Å². The molecule has 0 aromatic rings. The molecule has 14 heavy (non-hydrogen) atoms. The van der Waals surface area contributed by atoms with Gasteiger partial charge in [0, 0.05) is 0 Å². The Morgan fingerprint density at radius 2 is 1.64 bits per heavy atom. The maximum Gasteiger partial charge on any atom is 0.189 e. The first-order valence-electron chi connectivity index (χ1n) is 3.88. The van der Waals surface area contributed by atoms with Gasteiger partial charge in [0.25, 0.3) is 0 Å². The summed E-state index contributed by atoms with van der Waals surface area (Å²) in [5.74, 6) is -0.974. The van der Waals surface area contributed by atoms with E-state index in [1.54, 1.807) is 22.6 Å². The summed E-state index contributed by atoms with van der Waals surface area (Å²) in [6.45, 7) is -1.30. The van der Waals surface area contributed by atoms with Crippen molar-refractivity contribution in [2.75, 3.05) is 13.2 Å². The Morgan fingerprint density at radius 3 is 2.00 bits per heavy atom. The summed E-state index contributed by atoms with van der Waals surface area (Å²) < 4.78 is -0.691. The van der Waals surface area contributed by atoms with Crippen LogP contribution in [0.1, 0.15) is 0 Å². The molecule has 0 aliphatic carbocycles. The van der Waals surface area contributed by atoms with Crippen molar-refractivity contribution in [1.29, 1.82) is 0 Å². The molecule has 0 unspecified atom stereocenters. The topological polar surface area (TPSA) is 118 Å². The third kappa shape index (κ3) is 3.75. The average molecular weight is 320 g/mol. The Morgan fingerprint density at radius 1 is 1.14 bits per heavy atom. The Balaban J connectivity index is 4.30. The molecule has 7 heteroatoms. The minimum absolute atomic E-state index is 0.390. The summed E-state index contributed by atoms with van der Waals surface area (Å²) in [4.78, 5) is 10.7. The van der Waals surface area contributed by atoms with Crippen molar-refractivity contribution in [2.45, 2.75) is 22.2 Å². The number of Topliss-reactive ketones (excluding diaryl/α,β-unsaturated/α-hetero) is 1. The zero-order valence-corrected chi connectivity index (χ0v) is 9.40. The standard InChI is InChI=1S/C7H13IO6/c8-3(1-9)5(12)7(14)6(13)4(11)2-10/h3,5-7,9-10,12-14H,1-2H2/t3-,5-,6-,7+/m1/s1. The number of aliphatic hydroxyl groups is 5. The first kappa shape index (κ1) is 14.2. The summed E-state index contributed by atoms with van der Waals surface area (Å²) >= 11 is 1.67. The van der Waals surface area contributed by atoms with E-state index in [9.17, 15) is 15.0 Å². The third-order valence-corrected chi connectivity index (χ3v) is 2.83. The van der Waals surface area contributed by atoms with Crippen LogP contribution in [-0.2, 0) is 4.79 Å². The molecule has 0 aliphatic rings. The Kier molecular flexibility index (Phi) is 6.74. The van der Waals surface area contributed by atoms with Gasteiger partial charge in [-0.2, -0.15) is 0 Å². The molecule has 0 fully saturated rings. The smallest absolute Gasteiger partial charge is 0.189 e. The fourth-order valence-corrected chi connectivity index (χ4v) is 1.22. The lowest BCUT2D eigenvalue weighted by molar-refractivity contribution is -0.141. The lowest BCUT2D eigenvalue weighted by Gasteiger charge is -2.24. The van der Waals surface area contributed by atoms with Gasteiger partial charge in [0.2, 0.25) is 0 Å². The second-order valence-corrected chi connectivity index (χ2v) is 4.35. The normalized spacial score (nSPS) is 19.9. The SMILES string of the molecule is O=C(CO)[C@@H](O)[C@@H](O)[C@H](O)[C@H](I)CO. The van der Waals surface area contributed by atoms with E-state index in [1.165, 1.54) is 0 Å². The predicted molar refractivity (Wildman–Crippen MR) is 55.0 cm³/mol. The van der Waals surface area contributed by atoms with Gasteiger partial charge in [-0.1, -0.05) is 22.6 Å². The van der Waals surface area contributed by atoms with Crippen LogP contribution in [-0.4, -0.2) is 66.8 Å². The van der Waals surface area contributed by atoms with E-state index in [0.29, 0.717) is 0 Å². The number of hydrogen-bond acceptors (Lipinski definition) is 6. The molecule has 0 amide bonds. The lowest BCUT2D eigenvalue weighted by atomic mass is 10.0. The molecule has 0 rings (SSSR count). The van der Waals surface area contributed by atoms with Crippen molar-refractivity contribution < 1.29 is 30.3 Å². The Bertz CT molecular complexity index is 187. The molecule has 0 aromatic carbocycles. The number of aliphatic hydroxyl groups excluding tert-OH is 5. The fraction of sp³-hybridized carbons (Fsp3) is 0.857. The van der Waals surface area contributed by atoms with Crippen LogP contribution < -0.4 is 0 Å². The molecule has 0 spiro atoms. The molecule has 84 valence electrons. The number of rotatable bonds is 6. The molecular weight excluding hydrogens is 307 g/mol. The van der Waals surface area contributed by atoms with Crippen LogP contribution in [0, 0.1) is 0 Å². The number of carbonyl (C=O) groups is 1. The minimum Gasteiger partial charge on any atom is -0.395 e. The second-order valence-electron chi connectivity index (χ2n) is 2.75. The van der Waals surface area contributed by atoms with Gasteiger partial charge in [0.1, 0.15) is 18.8 Å². The van der Waals surface area contributed by atoms with Crippen LogP contribution in [0.2, 0.25) is 0 Å². The van der Waals surface area contributed by atoms with Gasteiger partial charge in [-0.3, -0.25) is 4.79 Å². The van der Waals surface area contributed by atoms with Gasteiger partial charge in [-0.25, -0.2) is 0 Å². The molecule has 0 saturated heterocycles. The van der Waals surface area contributed by atoms with Crippen LogP contribution in [0.5, 0.6) is 0 Å². The zero-order chi connectivity index (χ0) is 11.3. The highest BCUT2D eigenvalue weighted by atomic mass is 127. The number of alkyl halides is 1. The quantitative estimate of drug-likeness (QED) is 0.271. The molecule has 4 atom stereocenters. The summed E-state index contributed by atoms with van der Waals surface area (Å²) in [7, 11) is 0. The fourth-order valence-electron chi connectivity index (χ4n) is 0.793. The van der Waals surface area contributed by atoms with Gasteiger partial charge < -0.3 is 25.5 Å². The maximum atomic E-state index is 10.7. The van der Waals surface area contributed by atoms with Crippen LogP contribution in [0.3, 0.4) is 0 Å². The predicted octanol–water partition coefficient (Wildman–Crippen LogP) is -2.57. The lowest BCUT2D eigenvalue weighted by Crippen LogP contribution is -2.47. The Labute approximate surface area is 94.3 Å². The second kappa shape index (κ2) is 6.64. The largest absolute Gasteiger partial charge is 0.395 e. The van der Waals surface area contributed by atoms with Crippen molar-refractivity contribution in [3.8, 4) is 0 Å². The van der Waals surface area contributed by atoms with Crippen LogP contribution in [0.15, 0.2) is 0 Å². The summed E-state index contributed by atoms with van der Waals surface area (Å²) in [5.41, 5.74) is 0. The van der Waals surface area contributed by atoms with Crippen molar-refractivity contribution in [3.63, 3.8) is 0 Å². The average Bonchev–Trinajstić information content (AvgIpc) is 2.23. The van der Waals surface area contributed by atoms with Gasteiger partial charge in [0.15, 0.2) is 5.78 Å². The molecule has 0 saturated carbocycles. The monoisotopic (exact) mass is 320 g/mol. The Hall–Kier alpha value is 0.200. The van der Waals surface area contributed by atoms with Gasteiger partial charge in [0.05, 0.1) is 16.6 Å². The summed E-state index contributed by atoms with van der Waals surface area (Å²) in [6, 6.07) is 0. The van der Waals surface area contributed by atoms with E-state index < -0.39 is 41.2 Å². The third-order valence-electron chi connectivity index (χ3n) is 1.70. The number of hydrogen-bond donors (Lipinski definition) is 5. The molecule has 5 N–H and O–H groups in total. The van der Waals surface area contributed by atoms with E-state index in [1.807, 2.05) is 0 Å². The summed E-state index contributed by atoms with van der Waals surface area (Å²) in [6.07, 6.45) is -4.96. The van der Waals surface area contributed by atoms with Crippen LogP contribution >= 0.6 is 22.6 Å². The first-order valence-corrected chi connectivity index (χ1v) is 5.13. The van der Waals surface area contributed by atoms with Crippen molar-refractivity contribution in [1.82, 2.24) is 0 Å². The summed E-state index contributed by atoms with van der Waals surface area (Å²) in [5, 5.41) is 44.6. The van der Waals surface area contributed by atoms with Crippen molar-refractivity contribution in [3.05, 3.63) is 0 Å². The van der Waals surface area contributed by atoms with Crippen LogP contribution in [0.4, 0.5) is 0 Å². The van der Waals surface area contributed by atoms with Crippen molar-refractivity contribution in [2.24, 2.45) is 0 Å². The van der Waals surface area contributed by atoms with E-state index in [2.05, 4.69) is 0 Å². The van der Waals surface area contributed by atoms with E-state index >= 15 is 0 Å². The number of halogens is 1. The van der Waals surface area contributed by atoms with E-state index in [0.717, 1.165) is 0 Å². The minimum atomic E-state index is -1.83. The zero-order valence-electron chi connectivity index (χ0n) is 7.25. The highest BCUT2D eigenvalue weighted by Crippen LogP contribution is 2.12. The molecule has 0 bridgehead atoms.